The molecule has 150 valence electrons. The molecule has 0 amide bonds. The molecule has 0 N–H and O–H groups in total. The molecule has 0 radical (unpaired) electrons. The van der Waals surface area contributed by atoms with Gasteiger partial charge in [0, 0.05) is 21.8 Å². The van der Waals surface area contributed by atoms with Gasteiger partial charge >= 0.3 is 0 Å². The summed E-state index contributed by atoms with van der Waals surface area (Å²) in [7, 11) is 0. The minimum atomic E-state index is -0.0582. The van der Waals surface area contributed by atoms with Gasteiger partial charge in [0.2, 0.25) is 0 Å². The summed E-state index contributed by atoms with van der Waals surface area (Å²) in [4.78, 5) is 12.7. The number of aromatic nitrogens is 3. The van der Waals surface area contributed by atoms with Gasteiger partial charge in [-0.3, -0.25) is 9.36 Å². The molecule has 0 fully saturated rings. The minimum absolute atomic E-state index is 0.0582. The van der Waals surface area contributed by atoms with Crippen molar-refractivity contribution in [3.63, 3.8) is 0 Å². The molecule has 4 nitrogen and oxygen atoms in total. The van der Waals surface area contributed by atoms with E-state index in [2.05, 4.69) is 10.2 Å². The van der Waals surface area contributed by atoms with Gasteiger partial charge in [0.1, 0.15) is 0 Å². The number of benzene rings is 3. The third kappa shape index (κ3) is 4.43. The Hall–Kier alpha value is -2.60. The zero-order valence-corrected chi connectivity index (χ0v) is 18.4. The third-order valence-electron chi connectivity index (χ3n) is 4.53. The zero-order valence-electron chi connectivity index (χ0n) is 16.0. The molecule has 0 aliphatic rings. The maximum atomic E-state index is 12.7. The maximum absolute atomic E-state index is 12.7. The SMILES string of the molecule is Cc1ccc(-n2c(SCC(=O)c3ccccc3Cl)nnc2-c2ccc(Cl)cc2)cc1. The number of ketones is 1. The number of nitrogens with zero attached hydrogens (tertiary/aromatic N) is 3. The van der Waals surface area contributed by atoms with Crippen LogP contribution in [0.3, 0.4) is 0 Å². The standard InChI is InChI=1S/C23H17Cl2N3OS/c1-15-6-12-18(13-7-15)28-22(16-8-10-17(24)11-9-16)26-27-23(28)30-14-21(29)19-4-2-3-5-20(19)25/h2-13H,14H2,1H3. The molecule has 7 heteroatoms. The van der Waals surface area contributed by atoms with Crippen LogP contribution in [-0.2, 0) is 0 Å². The molecule has 1 heterocycles. The van der Waals surface area contributed by atoms with Crippen LogP contribution in [0, 0.1) is 6.92 Å². The Morgan fingerprint density at radius 3 is 2.33 bits per heavy atom. The Kier molecular flexibility index (Phi) is 6.23. The van der Waals surface area contributed by atoms with Crippen molar-refractivity contribution in [1.29, 1.82) is 0 Å². The molecule has 0 saturated heterocycles. The van der Waals surface area contributed by atoms with Gasteiger partial charge in [0.05, 0.1) is 10.8 Å². The van der Waals surface area contributed by atoms with Gasteiger partial charge in [-0.1, -0.05) is 64.8 Å². The number of hydrogen-bond donors (Lipinski definition) is 0. The molecule has 0 atom stereocenters. The first-order valence-electron chi connectivity index (χ1n) is 9.22. The van der Waals surface area contributed by atoms with Gasteiger partial charge in [-0.05, 0) is 55.5 Å². The topological polar surface area (TPSA) is 47.8 Å². The largest absolute Gasteiger partial charge is 0.293 e. The molecule has 0 bridgehead atoms. The second-order valence-corrected chi connectivity index (χ2v) is 8.46. The summed E-state index contributed by atoms with van der Waals surface area (Å²) in [5.74, 6) is 0.828. The van der Waals surface area contributed by atoms with Crippen molar-refractivity contribution in [2.24, 2.45) is 0 Å². The minimum Gasteiger partial charge on any atom is -0.293 e. The van der Waals surface area contributed by atoms with Crippen molar-refractivity contribution < 1.29 is 4.79 Å². The number of Topliss-reactive ketones (excluding diaryl/α,β-unsaturated/α-hetero) is 1. The first-order valence-corrected chi connectivity index (χ1v) is 11.0. The van der Waals surface area contributed by atoms with Crippen LogP contribution in [0.4, 0.5) is 0 Å². The second kappa shape index (κ2) is 9.04. The fraction of sp³-hybridized carbons (Fsp3) is 0.0870. The molecule has 0 unspecified atom stereocenters. The van der Waals surface area contributed by atoms with E-state index in [1.807, 2.05) is 60.0 Å². The lowest BCUT2D eigenvalue weighted by molar-refractivity contribution is 0.102. The molecular weight excluding hydrogens is 437 g/mol. The summed E-state index contributed by atoms with van der Waals surface area (Å²) < 4.78 is 1.95. The molecule has 0 aliphatic carbocycles. The monoisotopic (exact) mass is 453 g/mol. The van der Waals surface area contributed by atoms with E-state index in [4.69, 9.17) is 23.2 Å². The quantitative estimate of drug-likeness (QED) is 0.246. The summed E-state index contributed by atoms with van der Waals surface area (Å²) >= 11 is 13.5. The van der Waals surface area contributed by atoms with Crippen molar-refractivity contribution in [3.05, 3.63) is 94.0 Å². The Labute approximate surface area is 188 Å². The number of aryl methyl sites for hydroxylation is 1. The molecule has 4 aromatic rings. The van der Waals surface area contributed by atoms with Crippen LogP contribution in [-0.4, -0.2) is 26.3 Å². The Morgan fingerprint density at radius 1 is 0.933 bits per heavy atom. The summed E-state index contributed by atoms with van der Waals surface area (Å²) in [6.07, 6.45) is 0. The fourth-order valence-corrected chi connectivity index (χ4v) is 4.17. The Balaban J connectivity index is 1.69. The summed E-state index contributed by atoms with van der Waals surface area (Å²) in [6.45, 7) is 2.04. The molecule has 3 aromatic carbocycles. The Morgan fingerprint density at radius 2 is 1.63 bits per heavy atom. The van der Waals surface area contributed by atoms with Crippen LogP contribution in [0.1, 0.15) is 15.9 Å². The molecule has 0 aliphatic heterocycles. The van der Waals surface area contributed by atoms with E-state index < -0.39 is 0 Å². The number of hydrogen-bond acceptors (Lipinski definition) is 4. The number of halogens is 2. The maximum Gasteiger partial charge on any atom is 0.196 e. The number of rotatable bonds is 6. The number of thioether (sulfide) groups is 1. The van der Waals surface area contributed by atoms with Crippen LogP contribution < -0.4 is 0 Å². The first-order chi connectivity index (χ1) is 14.5. The van der Waals surface area contributed by atoms with Gasteiger partial charge in [0.15, 0.2) is 16.8 Å². The lowest BCUT2D eigenvalue weighted by Gasteiger charge is -2.11. The van der Waals surface area contributed by atoms with E-state index >= 15 is 0 Å². The molecular formula is C23H17Cl2N3OS. The van der Waals surface area contributed by atoms with Crippen molar-refractivity contribution >= 4 is 40.7 Å². The van der Waals surface area contributed by atoms with Gasteiger partial charge in [-0.2, -0.15) is 0 Å². The summed E-state index contributed by atoms with van der Waals surface area (Å²) in [5.41, 5.74) is 3.47. The van der Waals surface area contributed by atoms with Gasteiger partial charge < -0.3 is 0 Å². The van der Waals surface area contributed by atoms with Gasteiger partial charge in [-0.25, -0.2) is 0 Å². The van der Waals surface area contributed by atoms with E-state index in [0.29, 0.717) is 26.6 Å². The molecule has 0 saturated carbocycles. The van der Waals surface area contributed by atoms with Gasteiger partial charge in [0.25, 0.3) is 0 Å². The summed E-state index contributed by atoms with van der Waals surface area (Å²) in [6, 6.07) is 22.6. The van der Waals surface area contributed by atoms with Crippen molar-refractivity contribution in [2.45, 2.75) is 12.1 Å². The van der Waals surface area contributed by atoms with Crippen molar-refractivity contribution in [3.8, 4) is 17.1 Å². The number of carbonyl (C=O) groups excluding carboxylic acids is 1. The molecule has 30 heavy (non-hydrogen) atoms. The van der Waals surface area contributed by atoms with E-state index in [1.54, 1.807) is 24.3 Å². The van der Waals surface area contributed by atoms with Crippen LogP contribution in [0.2, 0.25) is 10.0 Å². The zero-order chi connectivity index (χ0) is 21.1. The fourth-order valence-electron chi connectivity index (χ4n) is 2.97. The van der Waals surface area contributed by atoms with Crippen LogP contribution in [0.15, 0.2) is 78.0 Å². The smallest absolute Gasteiger partial charge is 0.196 e. The highest BCUT2D eigenvalue weighted by atomic mass is 35.5. The third-order valence-corrected chi connectivity index (χ3v) is 6.05. The highest BCUT2D eigenvalue weighted by Crippen LogP contribution is 2.29. The lowest BCUT2D eigenvalue weighted by atomic mass is 10.1. The lowest BCUT2D eigenvalue weighted by Crippen LogP contribution is -2.05. The number of carbonyl (C=O) groups is 1. The van der Waals surface area contributed by atoms with Crippen LogP contribution in [0.25, 0.3) is 17.1 Å². The average Bonchev–Trinajstić information content (AvgIpc) is 3.17. The molecule has 0 spiro atoms. The van der Waals surface area contributed by atoms with E-state index in [1.165, 1.54) is 11.8 Å². The normalized spacial score (nSPS) is 10.9. The van der Waals surface area contributed by atoms with E-state index in [9.17, 15) is 4.79 Å². The Bertz CT molecular complexity index is 1190. The van der Waals surface area contributed by atoms with E-state index in [0.717, 1.165) is 16.8 Å². The van der Waals surface area contributed by atoms with Crippen LogP contribution >= 0.6 is 35.0 Å². The van der Waals surface area contributed by atoms with Gasteiger partial charge in [-0.15, -0.1) is 10.2 Å². The molecule has 1 aromatic heterocycles. The second-order valence-electron chi connectivity index (χ2n) is 6.68. The predicted octanol–water partition coefficient (Wildman–Crippen LogP) is 6.52. The molecule has 4 rings (SSSR count). The van der Waals surface area contributed by atoms with E-state index in [-0.39, 0.29) is 11.5 Å². The summed E-state index contributed by atoms with van der Waals surface area (Å²) in [5, 5.41) is 10.5. The highest BCUT2D eigenvalue weighted by molar-refractivity contribution is 7.99. The average molecular weight is 454 g/mol. The van der Waals surface area contributed by atoms with Crippen LogP contribution in [0.5, 0.6) is 0 Å². The first kappa shape index (κ1) is 20.7. The predicted molar refractivity (Wildman–Crippen MR) is 123 cm³/mol. The highest BCUT2D eigenvalue weighted by Gasteiger charge is 2.18. The van der Waals surface area contributed by atoms with Crippen molar-refractivity contribution in [2.75, 3.05) is 5.75 Å². The van der Waals surface area contributed by atoms with Crippen molar-refractivity contribution in [1.82, 2.24) is 14.8 Å².